The van der Waals surface area contributed by atoms with E-state index in [-0.39, 0.29) is 55.3 Å². The quantitative estimate of drug-likeness (QED) is 0.154. The van der Waals surface area contributed by atoms with Gasteiger partial charge in [0.2, 0.25) is 17.6 Å². The van der Waals surface area contributed by atoms with Crippen molar-refractivity contribution >= 4 is 29.6 Å². The normalized spacial score (nSPS) is 23.1. The zero-order valence-corrected chi connectivity index (χ0v) is 26.7. The van der Waals surface area contributed by atoms with Crippen molar-refractivity contribution in [3.63, 3.8) is 0 Å². The van der Waals surface area contributed by atoms with E-state index in [1.54, 1.807) is 4.90 Å². The fraction of sp³-hybridized carbons (Fsp3) is 0.618. The number of nitrogens with one attached hydrogen (secondary N) is 3. The van der Waals surface area contributed by atoms with Gasteiger partial charge in [-0.3, -0.25) is 19.2 Å². The van der Waals surface area contributed by atoms with Crippen LogP contribution in [-0.4, -0.2) is 78.9 Å². The van der Waals surface area contributed by atoms with Gasteiger partial charge in [0.25, 0.3) is 5.91 Å². The number of fused-ring (bicyclic) bond motifs is 1. The van der Waals surface area contributed by atoms with Crippen LogP contribution in [0.25, 0.3) is 0 Å². The Balaban J connectivity index is 1.46. The topological polar surface area (TPSA) is 143 Å². The fourth-order valence-electron chi connectivity index (χ4n) is 7.04. The van der Waals surface area contributed by atoms with Gasteiger partial charge in [0, 0.05) is 13.1 Å². The Morgan fingerprint density at radius 3 is 2.42 bits per heavy atom. The zero-order chi connectivity index (χ0) is 32.6. The fourth-order valence-corrected chi connectivity index (χ4v) is 7.04. The molecule has 2 aliphatic carbocycles. The average molecular weight is 625 g/mol. The molecule has 11 heteroatoms. The summed E-state index contributed by atoms with van der Waals surface area (Å²) in [5.74, 6) is -1.68. The van der Waals surface area contributed by atoms with Crippen LogP contribution in [0.2, 0.25) is 0 Å². The number of nitrogens with zero attached hydrogens (tertiary/aromatic N) is 1. The Bertz CT molecular complexity index is 1230. The number of benzene rings is 1. The molecule has 4 amide bonds. The van der Waals surface area contributed by atoms with Gasteiger partial charge in [-0.2, -0.15) is 0 Å². The molecule has 3 N–H and O–H groups in total. The Hall–Kier alpha value is -3.89. The zero-order valence-electron chi connectivity index (χ0n) is 26.7. The number of piperidine rings is 1. The van der Waals surface area contributed by atoms with Gasteiger partial charge < -0.3 is 30.3 Å². The summed E-state index contributed by atoms with van der Waals surface area (Å²) in [6.07, 6.45) is 6.16. The summed E-state index contributed by atoms with van der Waals surface area (Å²) in [7, 11) is 0. The number of carbonyl (C=O) groups excluding carboxylic acids is 5. The van der Waals surface area contributed by atoms with E-state index in [9.17, 15) is 24.0 Å². The maximum absolute atomic E-state index is 14.3. The monoisotopic (exact) mass is 624 g/mol. The first kappa shape index (κ1) is 34.0. The number of alkyl carbamates (subject to hydrolysis) is 1. The highest BCUT2D eigenvalue weighted by Crippen LogP contribution is 2.65. The Morgan fingerprint density at radius 2 is 1.76 bits per heavy atom. The predicted molar refractivity (Wildman–Crippen MR) is 168 cm³/mol. The second kappa shape index (κ2) is 15.4. The Kier molecular flexibility index (Phi) is 11.6. The highest BCUT2D eigenvalue weighted by Gasteiger charge is 2.69. The van der Waals surface area contributed by atoms with Crippen LogP contribution >= 0.6 is 0 Å². The van der Waals surface area contributed by atoms with Gasteiger partial charge in [-0.25, -0.2) is 4.79 Å². The first-order valence-corrected chi connectivity index (χ1v) is 16.2. The summed E-state index contributed by atoms with van der Waals surface area (Å²) in [4.78, 5) is 68.0. The number of ether oxygens (including phenoxy) is 2. The number of Topliss-reactive ketones (excluding diaryl/α,β-unsaturated/α-hetero) is 1. The number of hydrogen-bond donors (Lipinski definition) is 3. The molecule has 5 atom stereocenters. The van der Waals surface area contributed by atoms with Crippen molar-refractivity contribution in [3.8, 4) is 5.75 Å². The summed E-state index contributed by atoms with van der Waals surface area (Å²) in [6, 6.07) is 6.53. The molecular weight excluding hydrogens is 576 g/mol. The van der Waals surface area contributed by atoms with Crippen LogP contribution in [0.3, 0.4) is 0 Å². The van der Waals surface area contributed by atoms with Crippen LogP contribution in [0.15, 0.2) is 43.0 Å². The predicted octanol–water partition coefficient (Wildman–Crippen LogP) is 3.38. The van der Waals surface area contributed by atoms with Crippen molar-refractivity contribution in [2.24, 2.45) is 23.2 Å². The minimum Gasteiger partial charge on any atom is -0.490 e. The van der Waals surface area contributed by atoms with Crippen LogP contribution in [0.1, 0.15) is 65.7 Å². The minimum absolute atomic E-state index is 0.00656. The molecular formula is C34H48N4O7. The van der Waals surface area contributed by atoms with Gasteiger partial charge >= 0.3 is 6.09 Å². The van der Waals surface area contributed by atoms with Crippen molar-refractivity contribution < 1.29 is 33.4 Å². The van der Waals surface area contributed by atoms with E-state index in [0.717, 1.165) is 32.1 Å². The third-order valence-electron chi connectivity index (χ3n) is 9.59. The molecule has 45 heavy (non-hydrogen) atoms. The van der Waals surface area contributed by atoms with Crippen LogP contribution in [0.4, 0.5) is 4.79 Å². The molecule has 1 aliphatic heterocycles. The highest BCUT2D eigenvalue weighted by molar-refractivity contribution is 6.38. The SMILES string of the molecule is C=CCNC(=O)C(=O)C(CCC)NC(=O)C1[C@H]2[C@@H](CN1C(=O)C(NC(=O)OCCOc1ccccc1)C1CCCCC1)C2(C)C. The third kappa shape index (κ3) is 8.23. The molecule has 4 rings (SSSR count). The molecule has 3 unspecified atom stereocenters. The standard InChI is InChI=1S/C34H48N4O7/c1-5-13-25(29(39)31(41)35-18-6-2)36-30(40)28-26-24(34(26,3)4)21-38(28)32(42)27(22-14-9-7-10-15-22)37-33(43)45-20-19-44-23-16-11-8-12-17-23/h6,8,11-12,16-17,22,24-28H,2,5,7,9-10,13-15,18-21H2,1,3-4H3,(H,35,41)(H,36,40)(H,37,43)/t24-,25?,26-,27?,28?/m1/s1. The maximum Gasteiger partial charge on any atom is 0.407 e. The summed E-state index contributed by atoms with van der Waals surface area (Å²) >= 11 is 0. The third-order valence-corrected chi connectivity index (χ3v) is 9.59. The van der Waals surface area contributed by atoms with Crippen molar-refractivity contribution in [1.29, 1.82) is 0 Å². The molecule has 0 radical (unpaired) electrons. The van der Waals surface area contributed by atoms with Crippen LogP contribution in [0, 0.1) is 23.2 Å². The summed E-state index contributed by atoms with van der Waals surface area (Å²) in [6.45, 7) is 10.3. The summed E-state index contributed by atoms with van der Waals surface area (Å²) in [5, 5.41) is 8.12. The highest BCUT2D eigenvalue weighted by atomic mass is 16.6. The lowest BCUT2D eigenvalue weighted by Crippen LogP contribution is -2.59. The van der Waals surface area contributed by atoms with Gasteiger partial charge in [-0.1, -0.05) is 70.7 Å². The summed E-state index contributed by atoms with van der Waals surface area (Å²) in [5.41, 5.74) is -0.157. The van der Waals surface area contributed by atoms with E-state index in [2.05, 4.69) is 36.4 Å². The van der Waals surface area contributed by atoms with E-state index in [4.69, 9.17) is 9.47 Å². The smallest absolute Gasteiger partial charge is 0.407 e. The Morgan fingerprint density at radius 1 is 1.04 bits per heavy atom. The molecule has 246 valence electrons. The molecule has 3 aliphatic rings. The van der Waals surface area contributed by atoms with Gasteiger partial charge in [-0.15, -0.1) is 6.58 Å². The lowest BCUT2D eigenvalue weighted by molar-refractivity contribution is -0.145. The number of carbonyl (C=O) groups is 5. The van der Waals surface area contributed by atoms with E-state index >= 15 is 0 Å². The second-order valence-corrected chi connectivity index (χ2v) is 12.9. The maximum atomic E-state index is 14.3. The number of likely N-dealkylation sites (tertiary alicyclic amines) is 1. The molecule has 1 heterocycles. The largest absolute Gasteiger partial charge is 0.490 e. The molecule has 0 bridgehead atoms. The molecule has 11 nitrogen and oxygen atoms in total. The molecule has 3 fully saturated rings. The average Bonchev–Trinajstić information content (AvgIpc) is 3.35. The molecule has 1 saturated heterocycles. The van der Waals surface area contributed by atoms with E-state index in [1.807, 2.05) is 37.3 Å². The molecule has 1 aromatic rings. The van der Waals surface area contributed by atoms with Crippen LogP contribution in [0.5, 0.6) is 5.75 Å². The molecule has 1 aromatic carbocycles. The molecule has 0 aromatic heterocycles. The second-order valence-electron chi connectivity index (χ2n) is 12.9. The number of para-hydroxylation sites is 1. The minimum atomic E-state index is -1.01. The first-order chi connectivity index (χ1) is 21.6. The van der Waals surface area contributed by atoms with E-state index in [1.165, 1.54) is 6.08 Å². The van der Waals surface area contributed by atoms with Crippen LogP contribution in [-0.2, 0) is 23.9 Å². The first-order valence-electron chi connectivity index (χ1n) is 16.2. The number of ketones is 1. The van der Waals surface area contributed by atoms with Crippen LogP contribution < -0.4 is 20.7 Å². The van der Waals surface area contributed by atoms with Gasteiger partial charge in [-0.05, 0) is 54.6 Å². The lowest BCUT2D eigenvalue weighted by atomic mass is 9.83. The Labute approximate surface area is 265 Å². The number of amides is 4. The van der Waals surface area contributed by atoms with E-state index in [0.29, 0.717) is 18.7 Å². The summed E-state index contributed by atoms with van der Waals surface area (Å²) < 4.78 is 11.0. The number of rotatable bonds is 15. The van der Waals surface area contributed by atoms with Crippen molar-refractivity contribution in [3.05, 3.63) is 43.0 Å². The van der Waals surface area contributed by atoms with Crippen molar-refractivity contribution in [1.82, 2.24) is 20.9 Å². The lowest BCUT2D eigenvalue weighted by Gasteiger charge is -2.37. The van der Waals surface area contributed by atoms with Gasteiger partial charge in [0.1, 0.15) is 31.0 Å². The van der Waals surface area contributed by atoms with E-state index < -0.39 is 41.8 Å². The molecule has 2 saturated carbocycles. The van der Waals surface area contributed by atoms with Crippen molar-refractivity contribution in [2.75, 3.05) is 26.3 Å². The molecule has 0 spiro atoms. The number of hydrogen-bond acceptors (Lipinski definition) is 7. The van der Waals surface area contributed by atoms with Gasteiger partial charge in [0.15, 0.2) is 0 Å². The van der Waals surface area contributed by atoms with Crippen molar-refractivity contribution in [2.45, 2.75) is 83.8 Å². The van der Waals surface area contributed by atoms with Gasteiger partial charge in [0.05, 0.1) is 6.04 Å².